The molecular weight excluding hydrogens is 462 g/mol. The number of hydrogen-bond donors (Lipinski definition) is 1. The molecule has 0 radical (unpaired) electrons. The van der Waals surface area contributed by atoms with Crippen molar-refractivity contribution in [3.05, 3.63) is 94.4 Å². The number of nitrogens with zero attached hydrogens (tertiary/aromatic N) is 1. The molecule has 0 spiro atoms. The largest absolute Gasteiger partial charge is 0.508 e. The van der Waals surface area contributed by atoms with E-state index >= 15 is 0 Å². The van der Waals surface area contributed by atoms with Crippen LogP contribution in [0.5, 0.6) is 5.75 Å². The molecule has 0 aromatic heterocycles. The summed E-state index contributed by atoms with van der Waals surface area (Å²) < 4.78 is 5.54. The van der Waals surface area contributed by atoms with Crippen LogP contribution in [-0.4, -0.2) is 32.7 Å². The van der Waals surface area contributed by atoms with E-state index in [0.717, 1.165) is 34.0 Å². The van der Waals surface area contributed by atoms with Crippen LogP contribution in [0.15, 0.2) is 77.7 Å². The van der Waals surface area contributed by atoms with Crippen LogP contribution in [0.2, 0.25) is 0 Å². The summed E-state index contributed by atoms with van der Waals surface area (Å²) in [6, 6.07) is 21.1. The van der Waals surface area contributed by atoms with Crippen LogP contribution in [0.3, 0.4) is 0 Å². The molecule has 3 aromatic carbocycles. The topological polar surface area (TPSA) is 83.9 Å². The molecule has 1 heterocycles. The van der Waals surface area contributed by atoms with Gasteiger partial charge in [0.2, 0.25) is 0 Å². The van der Waals surface area contributed by atoms with Gasteiger partial charge in [0, 0.05) is 0 Å². The second kappa shape index (κ2) is 9.80. The van der Waals surface area contributed by atoms with Crippen molar-refractivity contribution in [1.29, 1.82) is 0 Å². The smallest absolute Gasteiger partial charge is 0.339 e. The lowest BCUT2D eigenvalue weighted by Crippen LogP contribution is -2.27. The zero-order chi connectivity index (χ0) is 25.2. The highest BCUT2D eigenvalue weighted by Gasteiger charge is 2.35. The third-order valence-corrected chi connectivity index (χ3v) is 6.12. The van der Waals surface area contributed by atoms with Crippen molar-refractivity contribution in [2.75, 3.05) is 0 Å². The minimum atomic E-state index is -0.601. The predicted molar refractivity (Wildman–Crippen MR) is 137 cm³/mol. The van der Waals surface area contributed by atoms with E-state index in [1.165, 1.54) is 17.0 Å². The molecule has 4 rings (SSSR count). The Hall–Kier alpha value is -3.84. The van der Waals surface area contributed by atoms with Gasteiger partial charge < -0.3 is 9.84 Å². The second-order valence-corrected chi connectivity index (χ2v) is 10.1. The highest BCUT2D eigenvalue weighted by atomic mass is 32.2. The van der Waals surface area contributed by atoms with E-state index in [1.54, 1.807) is 30.3 Å². The first-order valence-corrected chi connectivity index (χ1v) is 11.9. The number of aromatic hydroxyl groups is 1. The first-order chi connectivity index (χ1) is 16.6. The molecule has 35 heavy (non-hydrogen) atoms. The van der Waals surface area contributed by atoms with Gasteiger partial charge in [0.1, 0.15) is 11.4 Å². The number of carbonyl (C=O) groups is 3. The fourth-order valence-electron chi connectivity index (χ4n) is 3.58. The van der Waals surface area contributed by atoms with Crippen molar-refractivity contribution >= 4 is 35.0 Å². The molecule has 1 saturated heterocycles. The Bertz CT molecular complexity index is 1300. The maximum absolute atomic E-state index is 12.8. The number of phenols is 1. The summed E-state index contributed by atoms with van der Waals surface area (Å²) in [4.78, 5) is 39.6. The lowest BCUT2D eigenvalue weighted by atomic mass is 9.98. The molecule has 0 bridgehead atoms. The van der Waals surface area contributed by atoms with Crippen LogP contribution < -0.4 is 0 Å². The van der Waals surface area contributed by atoms with Crippen molar-refractivity contribution in [3.63, 3.8) is 0 Å². The van der Waals surface area contributed by atoms with Gasteiger partial charge in [0.25, 0.3) is 11.1 Å². The summed E-state index contributed by atoms with van der Waals surface area (Å²) in [5.41, 5.74) is 2.96. The lowest BCUT2D eigenvalue weighted by Gasteiger charge is -2.20. The summed E-state index contributed by atoms with van der Waals surface area (Å²) in [5.74, 6) is -0.616. The maximum Gasteiger partial charge on any atom is 0.339 e. The molecule has 1 N–H and O–H groups in total. The standard InChI is InChI=1S/C28H25NO5S/c1-28(2,3)34-26(32)23-7-5-4-6-22(23)20-12-8-19(9-13-20)17-29-25(31)24(35-27(29)33)16-18-10-14-21(30)15-11-18/h4-16,30H,17H2,1-3H3/b24-16-. The number of amides is 2. The van der Waals surface area contributed by atoms with E-state index in [0.29, 0.717) is 10.5 Å². The van der Waals surface area contributed by atoms with E-state index in [-0.39, 0.29) is 23.4 Å². The molecular formula is C28H25NO5S. The predicted octanol–water partition coefficient (Wildman–Crippen LogP) is 6.25. The first-order valence-electron chi connectivity index (χ1n) is 11.1. The molecule has 0 saturated carbocycles. The molecule has 178 valence electrons. The zero-order valence-electron chi connectivity index (χ0n) is 19.6. The highest BCUT2D eigenvalue weighted by Crippen LogP contribution is 2.34. The molecule has 0 unspecified atom stereocenters. The average Bonchev–Trinajstić information content (AvgIpc) is 3.07. The molecule has 1 fully saturated rings. The SMILES string of the molecule is CC(C)(C)OC(=O)c1ccccc1-c1ccc(CN2C(=O)S/C(=C\c3ccc(O)cc3)C2=O)cc1. The highest BCUT2D eigenvalue weighted by molar-refractivity contribution is 8.18. The van der Waals surface area contributed by atoms with Gasteiger partial charge >= 0.3 is 5.97 Å². The first kappa shape index (κ1) is 24.3. The van der Waals surface area contributed by atoms with E-state index in [2.05, 4.69) is 0 Å². The van der Waals surface area contributed by atoms with Crippen LogP contribution in [0.1, 0.15) is 42.3 Å². The van der Waals surface area contributed by atoms with Gasteiger partial charge in [-0.3, -0.25) is 14.5 Å². The Morgan fingerprint density at radius 1 is 0.971 bits per heavy atom. The summed E-state index contributed by atoms with van der Waals surface area (Å²) in [6.45, 7) is 5.62. The van der Waals surface area contributed by atoms with Crippen LogP contribution in [-0.2, 0) is 16.1 Å². The van der Waals surface area contributed by atoms with E-state index in [1.807, 2.05) is 57.2 Å². The summed E-state index contributed by atoms with van der Waals surface area (Å²) in [5, 5.41) is 9.08. The molecule has 7 heteroatoms. The quantitative estimate of drug-likeness (QED) is 0.338. The van der Waals surface area contributed by atoms with E-state index in [9.17, 15) is 19.5 Å². The Kier molecular flexibility index (Phi) is 6.80. The Morgan fingerprint density at radius 3 is 2.29 bits per heavy atom. The third kappa shape index (κ3) is 5.81. The van der Waals surface area contributed by atoms with Crippen LogP contribution in [0, 0.1) is 0 Å². The molecule has 1 aliphatic rings. The monoisotopic (exact) mass is 487 g/mol. The number of phenolic OH excluding ortho intramolecular Hbond substituents is 1. The third-order valence-electron chi connectivity index (χ3n) is 5.22. The van der Waals surface area contributed by atoms with Gasteiger partial charge in [-0.2, -0.15) is 0 Å². The number of thioether (sulfide) groups is 1. The lowest BCUT2D eigenvalue weighted by molar-refractivity contribution is -0.123. The van der Waals surface area contributed by atoms with Gasteiger partial charge in [-0.25, -0.2) is 4.79 Å². The van der Waals surface area contributed by atoms with Gasteiger partial charge in [-0.15, -0.1) is 0 Å². The van der Waals surface area contributed by atoms with E-state index < -0.39 is 11.6 Å². The van der Waals surface area contributed by atoms with Crippen LogP contribution in [0.4, 0.5) is 4.79 Å². The van der Waals surface area contributed by atoms with Crippen molar-refractivity contribution in [1.82, 2.24) is 4.90 Å². The normalized spacial score (nSPS) is 15.1. The number of carbonyl (C=O) groups excluding carboxylic acids is 3. The van der Waals surface area contributed by atoms with Gasteiger partial charge in [-0.1, -0.05) is 54.6 Å². The molecule has 2 amide bonds. The molecule has 0 atom stereocenters. The number of ether oxygens (including phenoxy) is 1. The van der Waals surface area contributed by atoms with Crippen LogP contribution in [0.25, 0.3) is 17.2 Å². The number of rotatable bonds is 5. The summed E-state index contributed by atoms with van der Waals surface area (Å²) in [6.07, 6.45) is 1.64. The summed E-state index contributed by atoms with van der Waals surface area (Å²) >= 11 is 0.894. The van der Waals surface area contributed by atoms with Gasteiger partial charge in [0.05, 0.1) is 17.0 Å². The van der Waals surface area contributed by atoms with Crippen molar-refractivity contribution < 1.29 is 24.2 Å². The fraction of sp³-hybridized carbons (Fsp3) is 0.179. The molecule has 0 aliphatic carbocycles. The van der Waals surface area contributed by atoms with E-state index in [4.69, 9.17) is 4.74 Å². The number of imide groups is 1. The Balaban J connectivity index is 1.51. The van der Waals surface area contributed by atoms with Crippen molar-refractivity contribution in [2.45, 2.75) is 32.9 Å². The number of esters is 1. The minimum Gasteiger partial charge on any atom is -0.508 e. The van der Waals surface area contributed by atoms with Gasteiger partial charge in [-0.05, 0) is 79.1 Å². The fourth-order valence-corrected chi connectivity index (χ4v) is 4.41. The van der Waals surface area contributed by atoms with Crippen molar-refractivity contribution in [2.24, 2.45) is 0 Å². The van der Waals surface area contributed by atoms with Crippen LogP contribution >= 0.6 is 11.8 Å². The molecule has 6 nitrogen and oxygen atoms in total. The summed E-state index contributed by atoms with van der Waals surface area (Å²) in [7, 11) is 0. The molecule has 3 aromatic rings. The Labute approximate surface area is 208 Å². The van der Waals surface area contributed by atoms with Gasteiger partial charge in [0.15, 0.2) is 0 Å². The second-order valence-electron chi connectivity index (χ2n) is 9.10. The molecule has 1 aliphatic heterocycles. The minimum absolute atomic E-state index is 0.132. The Morgan fingerprint density at radius 2 is 1.63 bits per heavy atom. The number of hydrogen-bond acceptors (Lipinski definition) is 6. The maximum atomic E-state index is 12.8. The number of benzene rings is 3. The zero-order valence-corrected chi connectivity index (χ0v) is 20.5. The van der Waals surface area contributed by atoms with Crippen molar-refractivity contribution in [3.8, 4) is 16.9 Å². The average molecular weight is 488 g/mol.